The average Bonchev–Trinajstić information content (AvgIpc) is 2.80. The molecule has 2 aromatic rings. The number of ketones is 1. The van der Waals surface area contributed by atoms with E-state index >= 15 is 0 Å². The smallest absolute Gasteiger partial charge is 0.227 e. The maximum Gasteiger partial charge on any atom is 0.227 e. The van der Waals surface area contributed by atoms with Crippen LogP contribution in [-0.2, 0) is 11.2 Å². The second kappa shape index (κ2) is 10.7. The van der Waals surface area contributed by atoms with Crippen molar-refractivity contribution >= 4 is 27.6 Å². The molecule has 0 aromatic heterocycles. The number of hydrogen-bond acceptors (Lipinski definition) is 5. The normalized spacial score (nSPS) is 16.0. The SMILES string of the molecule is COc1ccc(C(=O)C[C@H]2CCCCN2C(=O)Cc2cc(OC)c(OC)cc2Br)cc1. The molecule has 0 spiro atoms. The van der Waals surface area contributed by atoms with Crippen LogP contribution in [0.4, 0.5) is 0 Å². The standard InChI is InChI=1S/C24H28BrNO5/c1-29-19-9-7-16(8-10-19)21(27)14-18-6-4-5-11-26(18)24(28)13-17-12-22(30-2)23(31-3)15-20(17)25/h7-10,12,15,18H,4-6,11,13-14H2,1-3H3/t18-/m1/s1. The molecule has 1 atom stereocenters. The highest BCUT2D eigenvalue weighted by molar-refractivity contribution is 9.10. The molecule has 3 rings (SSSR count). The Kier molecular flexibility index (Phi) is 7.96. The molecule has 166 valence electrons. The highest BCUT2D eigenvalue weighted by atomic mass is 79.9. The molecule has 7 heteroatoms. The number of amides is 1. The lowest BCUT2D eigenvalue weighted by Crippen LogP contribution is -2.45. The third-order valence-corrected chi connectivity index (χ3v) is 6.41. The van der Waals surface area contributed by atoms with Crippen molar-refractivity contribution in [2.45, 2.75) is 38.1 Å². The van der Waals surface area contributed by atoms with Crippen LogP contribution < -0.4 is 14.2 Å². The number of carbonyl (C=O) groups is 2. The Morgan fingerprint density at radius 2 is 1.68 bits per heavy atom. The fourth-order valence-electron chi connectivity index (χ4n) is 3.95. The molecule has 1 fully saturated rings. The first kappa shape index (κ1) is 23.1. The minimum absolute atomic E-state index is 0.0140. The third kappa shape index (κ3) is 5.58. The molecule has 1 aliphatic rings. The van der Waals surface area contributed by atoms with Gasteiger partial charge in [-0.2, -0.15) is 0 Å². The van der Waals surface area contributed by atoms with Gasteiger partial charge in [0, 0.05) is 29.0 Å². The van der Waals surface area contributed by atoms with E-state index in [1.54, 1.807) is 45.6 Å². The summed E-state index contributed by atoms with van der Waals surface area (Å²) in [4.78, 5) is 27.9. The number of rotatable bonds is 8. The topological polar surface area (TPSA) is 65.1 Å². The fraction of sp³-hybridized carbons (Fsp3) is 0.417. The molecular formula is C24H28BrNO5. The van der Waals surface area contributed by atoms with Crippen LogP contribution in [0.2, 0.25) is 0 Å². The number of benzene rings is 2. The minimum atomic E-state index is -0.0882. The van der Waals surface area contributed by atoms with Gasteiger partial charge >= 0.3 is 0 Å². The number of likely N-dealkylation sites (tertiary alicyclic amines) is 1. The van der Waals surface area contributed by atoms with Crippen molar-refractivity contribution < 1.29 is 23.8 Å². The van der Waals surface area contributed by atoms with Crippen molar-refractivity contribution in [3.63, 3.8) is 0 Å². The lowest BCUT2D eigenvalue weighted by molar-refractivity contribution is -0.134. The van der Waals surface area contributed by atoms with Crippen LogP contribution in [0.3, 0.4) is 0 Å². The van der Waals surface area contributed by atoms with Crippen LogP contribution in [0.5, 0.6) is 17.2 Å². The zero-order valence-corrected chi connectivity index (χ0v) is 19.7. The van der Waals surface area contributed by atoms with Gasteiger partial charge in [0.05, 0.1) is 27.8 Å². The molecule has 0 saturated carbocycles. The van der Waals surface area contributed by atoms with Crippen LogP contribution in [0.1, 0.15) is 41.6 Å². The van der Waals surface area contributed by atoms with Gasteiger partial charge in [0.25, 0.3) is 0 Å². The fourth-order valence-corrected chi connectivity index (χ4v) is 4.41. The Morgan fingerprint density at radius 3 is 2.32 bits per heavy atom. The second-order valence-electron chi connectivity index (χ2n) is 7.57. The van der Waals surface area contributed by atoms with Crippen molar-refractivity contribution in [3.05, 3.63) is 52.0 Å². The Bertz CT molecular complexity index is 928. The van der Waals surface area contributed by atoms with Gasteiger partial charge in [0.2, 0.25) is 5.91 Å². The first-order valence-corrected chi connectivity index (χ1v) is 11.1. The Hall–Kier alpha value is -2.54. The summed E-state index contributed by atoms with van der Waals surface area (Å²) in [6.45, 7) is 0.671. The van der Waals surface area contributed by atoms with Gasteiger partial charge in [0.1, 0.15) is 5.75 Å². The van der Waals surface area contributed by atoms with Crippen LogP contribution >= 0.6 is 15.9 Å². The highest BCUT2D eigenvalue weighted by Gasteiger charge is 2.29. The predicted octanol–water partition coefficient (Wildman–Crippen LogP) is 4.67. The zero-order chi connectivity index (χ0) is 22.4. The number of methoxy groups -OCH3 is 3. The number of halogens is 1. The quantitative estimate of drug-likeness (QED) is 0.504. The summed E-state index contributed by atoms with van der Waals surface area (Å²) < 4.78 is 16.6. The molecular weight excluding hydrogens is 462 g/mol. The number of hydrogen-bond donors (Lipinski definition) is 0. The lowest BCUT2D eigenvalue weighted by atomic mass is 9.94. The highest BCUT2D eigenvalue weighted by Crippen LogP contribution is 2.34. The molecule has 31 heavy (non-hydrogen) atoms. The molecule has 1 aliphatic heterocycles. The van der Waals surface area contributed by atoms with Crippen molar-refractivity contribution in [2.24, 2.45) is 0 Å². The molecule has 0 aliphatic carbocycles. The molecule has 0 unspecified atom stereocenters. The van der Waals surface area contributed by atoms with Gasteiger partial charge in [0.15, 0.2) is 17.3 Å². The maximum atomic E-state index is 13.2. The van der Waals surface area contributed by atoms with E-state index in [0.717, 1.165) is 29.3 Å². The summed E-state index contributed by atoms with van der Waals surface area (Å²) in [5, 5.41) is 0. The summed E-state index contributed by atoms with van der Waals surface area (Å²) >= 11 is 3.53. The molecule has 0 bridgehead atoms. The summed E-state index contributed by atoms with van der Waals surface area (Å²) in [6.07, 6.45) is 3.36. The monoisotopic (exact) mass is 489 g/mol. The van der Waals surface area contributed by atoms with E-state index in [0.29, 0.717) is 35.8 Å². The van der Waals surface area contributed by atoms with Crippen molar-refractivity contribution in [1.82, 2.24) is 4.90 Å². The zero-order valence-electron chi connectivity index (χ0n) is 18.2. The Labute approximate surface area is 191 Å². The van der Waals surface area contributed by atoms with E-state index in [1.165, 1.54) is 0 Å². The van der Waals surface area contributed by atoms with Gasteiger partial charge in [-0.05, 0) is 61.2 Å². The summed E-state index contributed by atoms with van der Waals surface area (Å²) in [7, 11) is 4.75. The van der Waals surface area contributed by atoms with E-state index in [4.69, 9.17) is 14.2 Å². The average molecular weight is 490 g/mol. The van der Waals surface area contributed by atoms with Gasteiger partial charge < -0.3 is 19.1 Å². The van der Waals surface area contributed by atoms with Crippen LogP contribution in [0.15, 0.2) is 40.9 Å². The number of nitrogens with zero attached hydrogens (tertiary/aromatic N) is 1. The van der Waals surface area contributed by atoms with E-state index in [2.05, 4.69) is 15.9 Å². The molecule has 2 aromatic carbocycles. The third-order valence-electron chi connectivity index (χ3n) is 5.67. The summed E-state index contributed by atoms with van der Waals surface area (Å²) in [5.74, 6) is 1.95. The summed E-state index contributed by atoms with van der Waals surface area (Å²) in [6, 6.07) is 10.7. The number of ether oxygens (including phenoxy) is 3. The van der Waals surface area contributed by atoms with E-state index in [9.17, 15) is 9.59 Å². The summed E-state index contributed by atoms with van der Waals surface area (Å²) in [5.41, 5.74) is 1.47. The van der Waals surface area contributed by atoms with Gasteiger partial charge in [-0.1, -0.05) is 15.9 Å². The Morgan fingerprint density at radius 1 is 1.00 bits per heavy atom. The van der Waals surface area contributed by atoms with E-state index in [-0.39, 0.29) is 24.2 Å². The van der Waals surface area contributed by atoms with Crippen LogP contribution in [-0.4, -0.2) is 50.5 Å². The van der Waals surface area contributed by atoms with Crippen molar-refractivity contribution in [1.29, 1.82) is 0 Å². The van der Waals surface area contributed by atoms with E-state index < -0.39 is 0 Å². The number of carbonyl (C=O) groups excluding carboxylic acids is 2. The first-order chi connectivity index (χ1) is 15.0. The van der Waals surface area contributed by atoms with Crippen LogP contribution in [0.25, 0.3) is 0 Å². The maximum absolute atomic E-state index is 13.2. The molecule has 0 radical (unpaired) electrons. The first-order valence-electron chi connectivity index (χ1n) is 10.3. The molecule has 1 saturated heterocycles. The molecule has 0 N–H and O–H groups in total. The molecule has 1 amide bonds. The van der Waals surface area contributed by atoms with Crippen molar-refractivity contribution in [3.8, 4) is 17.2 Å². The molecule has 6 nitrogen and oxygen atoms in total. The predicted molar refractivity (Wildman–Crippen MR) is 122 cm³/mol. The van der Waals surface area contributed by atoms with Gasteiger partial charge in [-0.25, -0.2) is 0 Å². The van der Waals surface area contributed by atoms with E-state index in [1.807, 2.05) is 17.0 Å². The van der Waals surface area contributed by atoms with Gasteiger partial charge in [-0.3, -0.25) is 9.59 Å². The minimum Gasteiger partial charge on any atom is -0.497 e. The van der Waals surface area contributed by atoms with Crippen LogP contribution in [0, 0.1) is 0 Å². The second-order valence-corrected chi connectivity index (χ2v) is 8.42. The lowest BCUT2D eigenvalue weighted by Gasteiger charge is -2.35. The Balaban J connectivity index is 1.72. The number of piperidine rings is 1. The number of Topliss-reactive ketones (excluding diaryl/α,β-unsaturated/α-hetero) is 1. The molecule has 1 heterocycles. The largest absolute Gasteiger partial charge is 0.497 e. The van der Waals surface area contributed by atoms with Crippen molar-refractivity contribution in [2.75, 3.05) is 27.9 Å². The van der Waals surface area contributed by atoms with Gasteiger partial charge in [-0.15, -0.1) is 0 Å².